The molecule has 2 rings (SSSR count). The highest BCUT2D eigenvalue weighted by Gasteiger charge is 2.23. The summed E-state index contributed by atoms with van der Waals surface area (Å²) in [4.78, 5) is 25.8. The van der Waals surface area contributed by atoms with Crippen molar-refractivity contribution in [1.82, 2.24) is 0 Å². The third kappa shape index (κ3) is 2.75. The standard InChI is InChI=1S/C15H16N2O3/c1-3-8-17-13-6-5-12(16(2)10-15(19)20)9-11(13)4-7-14(17)18/h1,5-6,9H,4,7-8,10H2,2H3,(H,19,20). The van der Waals surface area contributed by atoms with Crippen LogP contribution in [-0.2, 0) is 16.0 Å². The molecule has 0 saturated carbocycles. The number of carboxylic acid groups (broad SMARTS) is 1. The quantitative estimate of drug-likeness (QED) is 0.834. The van der Waals surface area contributed by atoms with Gasteiger partial charge in [0.1, 0.15) is 6.54 Å². The number of aliphatic carboxylic acids is 1. The van der Waals surface area contributed by atoms with Crippen molar-refractivity contribution in [3.63, 3.8) is 0 Å². The van der Waals surface area contributed by atoms with Gasteiger partial charge in [-0.05, 0) is 30.2 Å². The first-order chi connectivity index (χ1) is 9.52. The van der Waals surface area contributed by atoms with Crippen molar-refractivity contribution in [2.75, 3.05) is 29.9 Å². The van der Waals surface area contributed by atoms with E-state index in [-0.39, 0.29) is 19.0 Å². The molecular formula is C15H16N2O3. The predicted octanol–water partition coefficient (Wildman–Crippen LogP) is 1.12. The Labute approximate surface area is 117 Å². The minimum atomic E-state index is -0.880. The zero-order chi connectivity index (χ0) is 14.7. The molecule has 1 aromatic rings. The molecule has 0 aromatic heterocycles. The Kier molecular flexibility index (Phi) is 3.94. The minimum Gasteiger partial charge on any atom is -0.480 e. The van der Waals surface area contributed by atoms with Crippen LogP contribution < -0.4 is 9.80 Å². The third-order valence-electron chi connectivity index (χ3n) is 3.33. The first-order valence-corrected chi connectivity index (χ1v) is 6.32. The summed E-state index contributed by atoms with van der Waals surface area (Å²) in [7, 11) is 1.73. The molecule has 0 spiro atoms. The second-order valence-electron chi connectivity index (χ2n) is 4.75. The van der Waals surface area contributed by atoms with Crippen LogP contribution in [-0.4, -0.2) is 37.1 Å². The van der Waals surface area contributed by atoms with Gasteiger partial charge in [-0.1, -0.05) is 5.92 Å². The number of amides is 1. The van der Waals surface area contributed by atoms with Crippen molar-refractivity contribution in [3.8, 4) is 12.3 Å². The lowest BCUT2D eigenvalue weighted by molar-refractivity contribution is -0.135. The van der Waals surface area contributed by atoms with Crippen LogP contribution in [0.5, 0.6) is 0 Å². The van der Waals surface area contributed by atoms with Crippen LogP contribution >= 0.6 is 0 Å². The number of rotatable bonds is 4. The molecule has 0 bridgehead atoms. The van der Waals surface area contributed by atoms with E-state index in [0.717, 1.165) is 16.9 Å². The Hall–Kier alpha value is -2.48. The highest BCUT2D eigenvalue weighted by Crippen LogP contribution is 2.31. The second-order valence-corrected chi connectivity index (χ2v) is 4.75. The number of anilines is 2. The van der Waals surface area contributed by atoms with Gasteiger partial charge in [0, 0.05) is 24.8 Å². The molecule has 1 aromatic carbocycles. The first-order valence-electron chi connectivity index (χ1n) is 6.32. The van der Waals surface area contributed by atoms with Crippen molar-refractivity contribution in [2.24, 2.45) is 0 Å². The number of carbonyl (C=O) groups excluding carboxylic acids is 1. The monoisotopic (exact) mass is 272 g/mol. The van der Waals surface area contributed by atoms with E-state index in [1.165, 1.54) is 0 Å². The molecule has 0 unspecified atom stereocenters. The Balaban J connectivity index is 2.30. The maximum atomic E-state index is 11.9. The Morgan fingerprint density at radius 3 is 2.90 bits per heavy atom. The summed E-state index contributed by atoms with van der Waals surface area (Å²) in [6.07, 6.45) is 6.38. The summed E-state index contributed by atoms with van der Waals surface area (Å²) >= 11 is 0. The molecular weight excluding hydrogens is 256 g/mol. The SMILES string of the molecule is C#CCN1C(=O)CCc2cc(N(C)CC(=O)O)ccc21. The third-order valence-corrected chi connectivity index (χ3v) is 3.33. The number of nitrogens with zero attached hydrogens (tertiary/aromatic N) is 2. The molecule has 0 aliphatic carbocycles. The molecule has 1 aliphatic rings. The summed E-state index contributed by atoms with van der Waals surface area (Å²) < 4.78 is 0. The van der Waals surface area contributed by atoms with Crippen LogP contribution in [0, 0.1) is 12.3 Å². The van der Waals surface area contributed by atoms with E-state index < -0.39 is 5.97 Å². The fourth-order valence-electron chi connectivity index (χ4n) is 2.34. The van der Waals surface area contributed by atoms with Gasteiger partial charge in [0.2, 0.25) is 5.91 Å². The summed E-state index contributed by atoms with van der Waals surface area (Å²) in [5.74, 6) is 1.64. The summed E-state index contributed by atoms with van der Waals surface area (Å²) in [5, 5.41) is 8.81. The van der Waals surface area contributed by atoms with Gasteiger partial charge in [-0.25, -0.2) is 0 Å². The van der Waals surface area contributed by atoms with E-state index in [4.69, 9.17) is 11.5 Å². The molecule has 20 heavy (non-hydrogen) atoms. The average molecular weight is 272 g/mol. The molecule has 0 fully saturated rings. The molecule has 0 saturated heterocycles. The summed E-state index contributed by atoms with van der Waals surface area (Å²) in [5.41, 5.74) is 2.67. The lowest BCUT2D eigenvalue weighted by Crippen LogP contribution is -2.35. The normalized spacial score (nSPS) is 13.6. The highest BCUT2D eigenvalue weighted by atomic mass is 16.4. The molecule has 1 heterocycles. The fourth-order valence-corrected chi connectivity index (χ4v) is 2.34. The van der Waals surface area contributed by atoms with Gasteiger partial charge in [0.15, 0.2) is 0 Å². The van der Waals surface area contributed by atoms with Crippen molar-refractivity contribution < 1.29 is 14.7 Å². The minimum absolute atomic E-state index is 0.0297. The highest BCUT2D eigenvalue weighted by molar-refractivity contribution is 5.97. The first kappa shape index (κ1) is 13.9. The average Bonchev–Trinajstić information content (AvgIpc) is 2.41. The van der Waals surface area contributed by atoms with Gasteiger partial charge < -0.3 is 14.9 Å². The van der Waals surface area contributed by atoms with Gasteiger partial charge in [-0.15, -0.1) is 6.42 Å². The van der Waals surface area contributed by atoms with Crippen molar-refractivity contribution in [3.05, 3.63) is 23.8 Å². The van der Waals surface area contributed by atoms with Gasteiger partial charge >= 0.3 is 5.97 Å². The van der Waals surface area contributed by atoms with Crippen molar-refractivity contribution in [2.45, 2.75) is 12.8 Å². The van der Waals surface area contributed by atoms with E-state index in [9.17, 15) is 9.59 Å². The summed E-state index contributed by atoms with van der Waals surface area (Å²) in [6, 6.07) is 5.57. The van der Waals surface area contributed by atoms with E-state index >= 15 is 0 Å². The molecule has 0 atom stereocenters. The van der Waals surface area contributed by atoms with Crippen LogP contribution in [0.1, 0.15) is 12.0 Å². The van der Waals surface area contributed by atoms with Gasteiger partial charge in [0.25, 0.3) is 0 Å². The number of carbonyl (C=O) groups is 2. The number of carboxylic acids is 1. The van der Waals surface area contributed by atoms with Crippen LogP contribution in [0.15, 0.2) is 18.2 Å². The van der Waals surface area contributed by atoms with E-state index in [0.29, 0.717) is 12.8 Å². The van der Waals surface area contributed by atoms with Crippen LogP contribution in [0.2, 0.25) is 0 Å². The number of likely N-dealkylation sites (N-methyl/N-ethyl adjacent to an activating group) is 1. The Morgan fingerprint density at radius 1 is 1.50 bits per heavy atom. The maximum absolute atomic E-state index is 11.9. The fraction of sp³-hybridized carbons (Fsp3) is 0.333. The predicted molar refractivity (Wildman–Crippen MR) is 76.9 cm³/mol. The zero-order valence-corrected chi connectivity index (χ0v) is 11.3. The molecule has 104 valence electrons. The second kappa shape index (κ2) is 5.66. The van der Waals surface area contributed by atoms with Crippen molar-refractivity contribution in [1.29, 1.82) is 0 Å². The topological polar surface area (TPSA) is 60.9 Å². The largest absolute Gasteiger partial charge is 0.480 e. The van der Waals surface area contributed by atoms with Crippen LogP contribution in [0.25, 0.3) is 0 Å². The van der Waals surface area contributed by atoms with Crippen LogP contribution in [0.3, 0.4) is 0 Å². The molecule has 5 nitrogen and oxygen atoms in total. The molecule has 1 aliphatic heterocycles. The van der Waals surface area contributed by atoms with Gasteiger partial charge in [-0.2, -0.15) is 0 Å². The zero-order valence-electron chi connectivity index (χ0n) is 11.3. The van der Waals surface area contributed by atoms with Gasteiger partial charge in [0.05, 0.1) is 6.54 Å². The number of hydrogen-bond acceptors (Lipinski definition) is 3. The van der Waals surface area contributed by atoms with E-state index in [2.05, 4.69) is 5.92 Å². The van der Waals surface area contributed by atoms with E-state index in [1.54, 1.807) is 16.8 Å². The number of benzene rings is 1. The number of terminal acetylenes is 1. The number of aryl methyl sites for hydroxylation is 1. The molecule has 1 N–H and O–H groups in total. The molecule has 0 radical (unpaired) electrons. The summed E-state index contributed by atoms with van der Waals surface area (Å²) in [6.45, 7) is 0.196. The Morgan fingerprint density at radius 2 is 2.25 bits per heavy atom. The van der Waals surface area contributed by atoms with Crippen LogP contribution in [0.4, 0.5) is 11.4 Å². The molecule has 5 heteroatoms. The number of hydrogen-bond donors (Lipinski definition) is 1. The smallest absolute Gasteiger partial charge is 0.323 e. The van der Waals surface area contributed by atoms with E-state index in [1.807, 2.05) is 18.2 Å². The number of fused-ring (bicyclic) bond motifs is 1. The maximum Gasteiger partial charge on any atom is 0.323 e. The van der Waals surface area contributed by atoms with Gasteiger partial charge in [-0.3, -0.25) is 9.59 Å². The molecule has 1 amide bonds. The van der Waals surface area contributed by atoms with Crippen molar-refractivity contribution >= 4 is 23.3 Å². The Bertz CT molecular complexity index is 589. The lowest BCUT2D eigenvalue weighted by Gasteiger charge is -2.29. The lowest BCUT2D eigenvalue weighted by atomic mass is 10.00.